The van der Waals surface area contributed by atoms with Crippen molar-refractivity contribution < 1.29 is 9.13 Å². The normalized spacial score (nSPS) is 9.94. The Balaban J connectivity index is 2.50. The summed E-state index contributed by atoms with van der Waals surface area (Å²) in [6.07, 6.45) is 0. The Morgan fingerprint density at radius 2 is 2.18 bits per heavy atom. The molecule has 2 rings (SSSR count). The summed E-state index contributed by atoms with van der Waals surface area (Å²) in [7, 11) is 1.41. The van der Waals surface area contributed by atoms with Crippen LogP contribution in [-0.4, -0.2) is 7.11 Å². The minimum absolute atomic E-state index is 0.174. The number of hydrogen-bond donors (Lipinski definition) is 1. The van der Waals surface area contributed by atoms with E-state index in [2.05, 4.69) is 0 Å². The van der Waals surface area contributed by atoms with Gasteiger partial charge in [0, 0.05) is 4.88 Å². The average molecular weight is 248 g/mol. The van der Waals surface area contributed by atoms with E-state index in [0.717, 1.165) is 10.4 Å². The molecule has 0 aliphatic carbocycles. The Bertz CT molecular complexity index is 601. The molecule has 0 spiro atoms. The van der Waals surface area contributed by atoms with Crippen LogP contribution in [-0.2, 0) is 0 Å². The van der Waals surface area contributed by atoms with Crippen LogP contribution in [0.1, 0.15) is 4.88 Å². The molecule has 0 saturated heterocycles. The summed E-state index contributed by atoms with van der Waals surface area (Å²) in [6, 6.07) is 8.26. The highest BCUT2D eigenvalue weighted by molar-refractivity contribution is 7.16. The second-order valence-electron chi connectivity index (χ2n) is 3.36. The molecule has 2 N–H and O–H groups in total. The maximum absolute atomic E-state index is 13.2. The van der Waals surface area contributed by atoms with Crippen molar-refractivity contribution in [3.63, 3.8) is 0 Å². The molecule has 1 aromatic carbocycles. The molecular formula is C12H9FN2OS. The second kappa shape index (κ2) is 4.44. The van der Waals surface area contributed by atoms with Gasteiger partial charge in [-0.05, 0) is 23.8 Å². The summed E-state index contributed by atoms with van der Waals surface area (Å²) in [6.45, 7) is 0. The van der Waals surface area contributed by atoms with Gasteiger partial charge in [-0.3, -0.25) is 0 Å². The molecule has 0 unspecified atom stereocenters. The summed E-state index contributed by atoms with van der Waals surface area (Å²) >= 11 is 1.27. The largest absolute Gasteiger partial charge is 0.494 e. The first-order chi connectivity index (χ1) is 8.15. The maximum Gasteiger partial charge on any atom is 0.165 e. The Morgan fingerprint density at radius 3 is 2.76 bits per heavy atom. The van der Waals surface area contributed by atoms with Gasteiger partial charge >= 0.3 is 0 Å². The van der Waals surface area contributed by atoms with E-state index in [-0.39, 0.29) is 5.75 Å². The van der Waals surface area contributed by atoms with Crippen molar-refractivity contribution in [3.05, 3.63) is 35.0 Å². The molecule has 0 fully saturated rings. The average Bonchev–Trinajstić information content (AvgIpc) is 2.71. The zero-order chi connectivity index (χ0) is 12.4. The SMILES string of the molecule is COc1cc(-c2cc(N)c(C#N)s2)ccc1F. The zero-order valence-corrected chi connectivity index (χ0v) is 9.84. The third kappa shape index (κ3) is 2.08. The van der Waals surface area contributed by atoms with Crippen LogP contribution in [0.25, 0.3) is 10.4 Å². The molecule has 86 valence electrons. The lowest BCUT2D eigenvalue weighted by molar-refractivity contribution is 0.387. The number of thiophene rings is 1. The van der Waals surface area contributed by atoms with Gasteiger partial charge in [0.2, 0.25) is 0 Å². The van der Waals surface area contributed by atoms with Gasteiger partial charge in [-0.25, -0.2) is 4.39 Å². The molecule has 0 atom stereocenters. The Morgan fingerprint density at radius 1 is 1.41 bits per heavy atom. The van der Waals surface area contributed by atoms with Crippen LogP contribution in [0.15, 0.2) is 24.3 Å². The molecule has 0 amide bonds. The topological polar surface area (TPSA) is 59.0 Å². The van der Waals surface area contributed by atoms with Crippen LogP contribution in [0, 0.1) is 17.1 Å². The molecule has 1 aromatic heterocycles. The van der Waals surface area contributed by atoms with Gasteiger partial charge in [0.05, 0.1) is 12.8 Å². The number of nitrogen functional groups attached to an aromatic ring is 1. The van der Waals surface area contributed by atoms with E-state index in [4.69, 9.17) is 15.7 Å². The highest BCUT2D eigenvalue weighted by atomic mass is 32.1. The Kier molecular flexibility index (Phi) is 2.98. The van der Waals surface area contributed by atoms with Gasteiger partial charge in [-0.2, -0.15) is 5.26 Å². The molecule has 5 heteroatoms. The molecule has 3 nitrogen and oxygen atoms in total. The minimum Gasteiger partial charge on any atom is -0.494 e. The lowest BCUT2D eigenvalue weighted by atomic mass is 10.1. The highest BCUT2D eigenvalue weighted by Gasteiger charge is 2.10. The summed E-state index contributed by atoms with van der Waals surface area (Å²) in [4.78, 5) is 1.28. The lowest BCUT2D eigenvalue weighted by Crippen LogP contribution is -1.87. The van der Waals surface area contributed by atoms with E-state index in [1.807, 2.05) is 6.07 Å². The number of hydrogen-bond acceptors (Lipinski definition) is 4. The number of nitrogens with two attached hydrogens (primary N) is 1. The fourth-order valence-electron chi connectivity index (χ4n) is 1.45. The van der Waals surface area contributed by atoms with Gasteiger partial charge in [-0.1, -0.05) is 6.07 Å². The first-order valence-corrected chi connectivity index (χ1v) is 5.60. The van der Waals surface area contributed by atoms with E-state index in [0.29, 0.717) is 10.6 Å². The summed E-state index contributed by atoms with van der Waals surface area (Å²) < 4.78 is 18.1. The van der Waals surface area contributed by atoms with Crippen LogP contribution < -0.4 is 10.5 Å². The van der Waals surface area contributed by atoms with Crippen molar-refractivity contribution in [3.8, 4) is 22.3 Å². The van der Waals surface area contributed by atoms with Crippen LogP contribution in [0.5, 0.6) is 5.75 Å². The smallest absolute Gasteiger partial charge is 0.165 e. The fourth-order valence-corrected chi connectivity index (χ4v) is 2.32. The van der Waals surface area contributed by atoms with Crippen LogP contribution in [0.3, 0.4) is 0 Å². The number of halogens is 1. The molecule has 2 aromatic rings. The van der Waals surface area contributed by atoms with Crippen molar-refractivity contribution in [1.29, 1.82) is 5.26 Å². The number of benzene rings is 1. The van der Waals surface area contributed by atoms with Crippen LogP contribution in [0.2, 0.25) is 0 Å². The van der Waals surface area contributed by atoms with Crippen molar-refractivity contribution in [2.75, 3.05) is 12.8 Å². The third-order valence-electron chi connectivity index (χ3n) is 2.30. The van der Waals surface area contributed by atoms with Gasteiger partial charge < -0.3 is 10.5 Å². The highest BCUT2D eigenvalue weighted by Crippen LogP contribution is 2.34. The monoisotopic (exact) mass is 248 g/mol. The van der Waals surface area contributed by atoms with Crippen molar-refractivity contribution in [2.45, 2.75) is 0 Å². The molecular weight excluding hydrogens is 239 g/mol. The molecule has 0 aliphatic heterocycles. The van der Waals surface area contributed by atoms with E-state index in [1.54, 1.807) is 18.2 Å². The van der Waals surface area contributed by atoms with E-state index < -0.39 is 5.82 Å². The second-order valence-corrected chi connectivity index (χ2v) is 4.41. The maximum atomic E-state index is 13.2. The Hall–Kier alpha value is -2.06. The molecule has 0 radical (unpaired) electrons. The van der Waals surface area contributed by atoms with Gasteiger partial charge in [0.25, 0.3) is 0 Å². The van der Waals surface area contributed by atoms with Crippen molar-refractivity contribution >= 4 is 17.0 Å². The predicted octanol–water partition coefficient (Wildman–Crippen LogP) is 3.02. The van der Waals surface area contributed by atoms with Gasteiger partial charge in [-0.15, -0.1) is 11.3 Å². The van der Waals surface area contributed by atoms with Gasteiger partial charge in [0.15, 0.2) is 11.6 Å². The van der Waals surface area contributed by atoms with Crippen molar-refractivity contribution in [2.24, 2.45) is 0 Å². The first-order valence-electron chi connectivity index (χ1n) is 4.79. The standard InChI is InChI=1S/C12H9FN2OS/c1-16-10-4-7(2-3-8(10)13)11-5-9(15)12(6-14)17-11/h2-5H,15H2,1H3. The zero-order valence-electron chi connectivity index (χ0n) is 9.03. The molecule has 0 aliphatic rings. The molecule has 0 saturated carbocycles. The number of rotatable bonds is 2. The Labute approximate surface area is 102 Å². The summed E-state index contributed by atoms with van der Waals surface area (Å²) in [5.74, 6) is -0.241. The molecule has 17 heavy (non-hydrogen) atoms. The third-order valence-corrected chi connectivity index (χ3v) is 3.40. The van der Waals surface area contributed by atoms with Crippen LogP contribution in [0.4, 0.5) is 10.1 Å². The minimum atomic E-state index is -0.415. The number of nitrogens with zero attached hydrogens (tertiary/aromatic N) is 1. The lowest BCUT2D eigenvalue weighted by Gasteiger charge is -2.03. The number of ether oxygens (including phenoxy) is 1. The van der Waals surface area contributed by atoms with E-state index >= 15 is 0 Å². The molecule has 0 bridgehead atoms. The van der Waals surface area contributed by atoms with Gasteiger partial charge in [0.1, 0.15) is 10.9 Å². The fraction of sp³-hybridized carbons (Fsp3) is 0.0833. The quantitative estimate of drug-likeness (QED) is 0.888. The predicted molar refractivity (Wildman–Crippen MR) is 65.4 cm³/mol. The number of methoxy groups -OCH3 is 1. The number of nitriles is 1. The molecule has 1 heterocycles. The number of anilines is 1. The first kappa shape index (κ1) is 11.4. The summed E-state index contributed by atoms with van der Waals surface area (Å²) in [5.41, 5.74) is 6.89. The van der Waals surface area contributed by atoms with Crippen molar-refractivity contribution in [1.82, 2.24) is 0 Å². The summed E-state index contributed by atoms with van der Waals surface area (Å²) in [5, 5.41) is 8.82. The van der Waals surface area contributed by atoms with E-state index in [1.165, 1.54) is 24.5 Å². The van der Waals surface area contributed by atoms with E-state index in [9.17, 15) is 4.39 Å². The van der Waals surface area contributed by atoms with Crippen LogP contribution >= 0.6 is 11.3 Å².